The van der Waals surface area contributed by atoms with Crippen molar-refractivity contribution in [2.75, 3.05) is 32.1 Å². The molecule has 5 aromatic rings. The third-order valence-corrected chi connectivity index (χ3v) is 7.62. The number of benzene rings is 2. The maximum atomic E-state index is 4.72. The van der Waals surface area contributed by atoms with Crippen molar-refractivity contribution in [1.29, 1.82) is 0 Å². The lowest BCUT2D eigenvalue weighted by Gasteiger charge is -2.37. The van der Waals surface area contributed by atoms with E-state index in [9.17, 15) is 0 Å². The number of hydrogen-bond donors (Lipinski definition) is 2. The lowest BCUT2D eigenvalue weighted by Crippen LogP contribution is -2.41. The Bertz CT molecular complexity index is 1500. The van der Waals surface area contributed by atoms with Crippen molar-refractivity contribution < 1.29 is 0 Å². The number of nitrogens with one attached hydrogen (secondary N) is 2. The molecule has 188 valence electrons. The van der Waals surface area contributed by atoms with Crippen LogP contribution in [0.3, 0.4) is 0 Å². The molecule has 6 rings (SSSR count). The molecule has 7 nitrogen and oxygen atoms in total. The molecule has 7 heteroatoms. The van der Waals surface area contributed by atoms with Crippen LogP contribution in [0.5, 0.6) is 0 Å². The number of anilines is 1. The van der Waals surface area contributed by atoms with Crippen LogP contribution in [0.15, 0.2) is 79.5 Å². The van der Waals surface area contributed by atoms with E-state index in [0.717, 1.165) is 60.4 Å². The number of nitrogens with zero attached hydrogens (tertiary/aromatic N) is 5. The molecule has 0 radical (unpaired) electrons. The minimum absolute atomic E-state index is 0.169. The van der Waals surface area contributed by atoms with Gasteiger partial charge in [0.05, 0.1) is 17.1 Å². The monoisotopic (exact) mass is 491 g/mol. The van der Waals surface area contributed by atoms with Crippen LogP contribution in [0.1, 0.15) is 24.4 Å². The fourth-order valence-corrected chi connectivity index (χ4v) is 5.69. The SMILES string of the molecule is CNCN1CCC(C(Nc2cc(-c3ccc4ccn(C)c4c3)c3nccnc3c2)c2cccnc2)CC1. The quantitative estimate of drug-likeness (QED) is 0.325. The molecule has 1 atom stereocenters. The molecular formula is C30H33N7. The summed E-state index contributed by atoms with van der Waals surface area (Å²) in [4.78, 5) is 16.3. The molecule has 1 aliphatic rings. The Labute approximate surface area is 217 Å². The van der Waals surface area contributed by atoms with Crippen molar-refractivity contribution >= 4 is 27.6 Å². The van der Waals surface area contributed by atoms with Gasteiger partial charge in [-0.1, -0.05) is 18.2 Å². The van der Waals surface area contributed by atoms with Crippen molar-refractivity contribution in [3.8, 4) is 11.1 Å². The number of fused-ring (bicyclic) bond motifs is 2. The number of aromatic nitrogens is 4. The summed E-state index contributed by atoms with van der Waals surface area (Å²) in [5.41, 5.74) is 7.52. The van der Waals surface area contributed by atoms with E-state index in [2.05, 4.69) is 85.8 Å². The van der Waals surface area contributed by atoms with Crippen LogP contribution < -0.4 is 10.6 Å². The normalized spacial score (nSPS) is 15.8. The highest BCUT2D eigenvalue weighted by Gasteiger charge is 2.28. The van der Waals surface area contributed by atoms with E-state index in [1.54, 1.807) is 12.4 Å². The van der Waals surface area contributed by atoms with Gasteiger partial charge in [0.15, 0.2) is 0 Å². The first-order chi connectivity index (χ1) is 18.2. The Balaban J connectivity index is 1.39. The molecule has 2 aromatic carbocycles. The average Bonchev–Trinajstić information content (AvgIpc) is 3.32. The van der Waals surface area contributed by atoms with Crippen LogP contribution in [0.2, 0.25) is 0 Å². The van der Waals surface area contributed by atoms with Gasteiger partial charge >= 0.3 is 0 Å². The van der Waals surface area contributed by atoms with Crippen molar-refractivity contribution in [3.63, 3.8) is 0 Å². The number of pyridine rings is 1. The van der Waals surface area contributed by atoms with Gasteiger partial charge in [0, 0.05) is 61.5 Å². The first-order valence-corrected chi connectivity index (χ1v) is 13.0. The van der Waals surface area contributed by atoms with Crippen molar-refractivity contribution in [1.82, 2.24) is 29.7 Å². The van der Waals surface area contributed by atoms with E-state index >= 15 is 0 Å². The van der Waals surface area contributed by atoms with Crippen LogP contribution in [-0.4, -0.2) is 51.2 Å². The molecule has 2 N–H and O–H groups in total. The first-order valence-electron chi connectivity index (χ1n) is 13.0. The smallest absolute Gasteiger partial charge is 0.0966 e. The molecule has 1 saturated heterocycles. The molecule has 0 amide bonds. The summed E-state index contributed by atoms with van der Waals surface area (Å²) in [5, 5.41) is 8.43. The highest BCUT2D eigenvalue weighted by molar-refractivity contribution is 5.97. The zero-order valence-electron chi connectivity index (χ0n) is 21.4. The van der Waals surface area contributed by atoms with Crippen LogP contribution in [0.4, 0.5) is 5.69 Å². The summed E-state index contributed by atoms with van der Waals surface area (Å²) in [6, 6.07) is 17.5. The second kappa shape index (κ2) is 10.3. The van der Waals surface area contributed by atoms with Crippen molar-refractivity contribution in [3.05, 3.63) is 85.1 Å². The summed E-state index contributed by atoms with van der Waals surface area (Å²) in [5.74, 6) is 0.512. The van der Waals surface area contributed by atoms with Gasteiger partial charge in [0.25, 0.3) is 0 Å². The van der Waals surface area contributed by atoms with Gasteiger partial charge in [-0.25, -0.2) is 0 Å². The van der Waals surface area contributed by atoms with E-state index in [1.165, 1.54) is 16.5 Å². The van der Waals surface area contributed by atoms with Gasteiger partial charge < -0.3 is 15.2 Å². The van der Waals surface area contributed by atoms with Gasteiger partial charge in [0.2, 0.25) is 0 Å². The zero-order chi connectivity index (χ0) is 25.2. The Kier molecular flexibility index (Phi) is 6.55. The van der Waals surface area contributed by atoms with E-state index in [0.29, 0.717) is 5.92 Å². The number of rotatable bonds is 7. The van der Waals surface area contributed by atoms with Crippen molar-refractivity contribution in [2.45, 2.75) is 18.9 Å². The van der Waals surface area contributed by atoms with Crippen LogP contribution >= 0.6 is 0 Å². The Hall–Kier alpha value is -3.81. The van der Waals surface area contributed by atoms with Gasteiger partial charge in [-0.2, -0.15) is 0 Å². The molecule has 1 unspecified atom stereocenters. The van der Waals surface area contributed by atoms with E-state index < -0.39 is 0 Å². The molecule has 3 aromatic heterocycles. The third kappa shape index (κ3) is 4.80. The second-order valence-electron chi connectivity index (χ2n) is 10.0. The topological polar surface area (TPSA) is 70.9 Å². The lowest BCUT2D eigenvalue weighted by atomic mass is 9.85. The predicted octanol–water partition coefficient (Wildman–Crippen LogP) is 5.23. The molecule has 1 fully saturated rings. The van der Waals surface area contributed by atoms with Crippen LogP contribution in [0, 0.1) is 5.92 Å². The summed E-state index contributed by atoms with van der Waals surface area (Å²) < 4.78 is 2.16. The van der Waals surface area contributed by atoms with E-state index in [4.69, 9.17) is 4.98 Å². The average molecular weight is 492 g/mol. The zero-order valence-corrected chi connectivity index (χ0v) is 21.4. The minimum Gasteiger partial charge on any atom is -0.378 e. The van der Waals surface area contributed by atoms with Crippen LogP contribution in [0.25, 0.3) is 33.1 Å². The fourth-order valence-electron chi connectivity index (χ4n) is 5.69. The molecule has 0 saturated carbocycles. The number of hydrogen-bond acceptors (Lipinski definition) is 6. The van der Waals surface area contributed by atoms with Crippen molar-refractivity contribution in [2.24, 2.45) is 13.0 Å². The standard InChI is InChI=1S/C30H33N7/c1-31-20-37-14-8-22(9-15-37)29(24-4-3-10-32-19-24)35-25-17-26(30-27(18-25)33-11-12-34-30)23-6-5-21-7-13-36(2)28(21)16-23/h3-7,10-13,16-19,22,29,31,35H,8-9,14-15,20H2,1-2H3. The van der Waals surface area contributed by atoms with E-state index in [-0.39, 0.29) is 6.04 Å². The summed E-state index contributed by atoms with van der Waals surface area (Å²) in [7, 11) is 4.10. The maximum absolute atomic E-state index is 4.72. The van der Waals surface area contributed by atoms with Gasteiger partial charge in [-0.15, -0.1) is 0 Å². The summed E-state index contributed by atoms with van der Waals surface area (Å²) in [6.45, 7) is 3.13. The first kappa shape index (κ1) is 23.6. The largest absolute Gasteiger partial charge is 0.378 e. The summed E-state index contributed by atoms with van der Waals surface area (Å²) in [6.07, 6.45) is 11.8. The number of aryl methyl sites for hydroxylation is 1. The Morgan fingerprint density at radius 1 is 1.00 bits per heavy atom. The highest BCUT2D eigenvalue weighted by Crippen LogP contribution is 2.37. The lowest BCUT2D eigenvalue weighted by molar-refractivity contribution is 0.166. The molecule has 4 heterocycles. The van der Waals surface area contributed by atoms with Gasteiger partial charge in [-0.3, -0.25) is 19.9 Å². The molecular weight excluding hydrogens is 458 g/mol. The maximum Gasteiger partial charge on any atom is 0.0966 e. The number of likely N-dealkylation sites (tertiary alicyclic amines) is 1. The molecule has 0 bridgehead atoms. The minimum atomic E-state index is 0.169. The van der Waals surface area contributed by atoms with E-state index in [1.807, 2.05) is 25.5 Å². The predicted molar refractivity (Wildman–Crippen MR) is 150 cm³/mol. The van der Waals surface area contributed by atoms with Gasteiger partial charge in [0.1, 0.15) is 0 Å². The molecule has 37 heavy (non-hydrogen) atoms. The number of piperidine rings is 1. The molecule has 0 spiro atoms. The summed E-state index contributed by atoms with van der Waals surface area (Å²) >= 11 is 0. The third-order valence-electron chi connectivity index (χ3n) is 7.62. The molecule has 0 aliphatic carbocycles. The highest BCUT2D eigenvalue weighted by atomic mass is 15.2. The Morgan fingerprint density at radius 2 is 1.86 bits per heavy atom. The Morgan fingerprint density at radius 3 is 2.68 bits per heavy atom. The molecule has 1 aliphatic heterocycles. The second-order valence-corrected chi connectivity index (χ2v) is 10.0. The fraction of sp³-hybridized carbons (Fsp3) is 0.300. The van der Waals surface area contributed by atoms with Crippen LogP contribution in [-0.2, 0) is 7.05 Å². The van der Waals surface area contributed by atoms with Gasteiger partial charge in [-0.05, 0) is 85.7 Å².